The van der Waals surface area contributed by atoms with Gasteiger partial charge in [0.05, 0.1) is 0 Å². The lowest BCUT2D eigenvalue weighted by Crippen LogP contribution is -2.33. The zero-order chi connectivity index (χ0) is 14.7. The number of Topliss-reactive ketones (excluding diaryl/α,β-unsaturated/α-hetero) is 1. The van der Waals surface area contributed by atoms with Gasteiger partial charge in [-0.3, -0.25) is 9.59 Å². The van der Waals surface area contributed by atoms with E-state index in [-0.39, 0.29) is 11.7 Å². The van der Waals surface area contributed by atoms with Crippen LogP contribution in [0.3, 0.4) is 0 Å². The fourth-order valence-corrected chi connectivity index (χ4v) is 1.94. The van der Waals surface area contributed by atoms with Crippen LogP contribution in [0.4, 0.5) is 0 Å². The molecule has 0 aromatic rings. The molecule has 0 bridgehead atoms. The van der Waals surface area contributed by atoms with Crippen LogP contribution in [0.2, 0.25) is 0 Å². The minimum Gasteiger partial charge on any atom is -0.344 e. The van der Waals surface area contributed by atoms with E-state index in [9.17, 15) is 9.59 Å². The van der Waals surface area contributed by atoms with E-state index >= 15 is 0 Å². The summed E-state index contributed by atoms with van der Waals surface area (Å²) in [7, 11) is 5.85. The molecule has 0 aliphatic carbocycles. The Kier molecular flexibility index (Phi) is 11.0. The highest BCUT2D eigenvalue weighted by molar-refractivity contribution is 7.80. The van der Waals surface area contributed by atoms with Gasteiger partial charge < -0.3 is 9.80 Å². The molecule has 0 aliphatic heterocycles. The van der Waals surface area contributed by atoms with Crippen LogP contribution in [0.1, 0.15) is 38.5 Å². The molecule has 0 aromatic carbocycles. The lowest BCUT2D eigenvalue weighted by molar-refractivity contribution is -0.130. The van der Waals surface area contributed by atoms with Gasteiger partial charge in [0.25, 0.3) is 0 Å². The molecule has 0 saturated heterocycles. The first-order valence-electron chi connectivity index (χ1n) is 6.98. The van der Waals surface area contributed by atoms with Gasteiger partial charge in [0.2, 0.25) is 5.91 Å². The van der Waals surface area contributed by atoms with Gasteiger partial charge in [-0.2, -0.15) is 12.6 Å². The smallest absolute Gasteiger partial charge is 0.222 e. The van der Waals surface area contributed by atoms with Crippen LogP contribution < -0.4 is 0 Å². The number of likely N-dealkylation sites (N-methyl/N-ethyl adjacent to an activating group) is 2. The summed E-state index contributed by atoms with van der Waals surface area (Å²) in [6.45, 7) is 1.66. The van der Waals surface area contributed by atoms with Crippen molar-refractivity contribution >= 4 is 24.3 Å². The van der Waals surface area contributed by atoms with E-state index in [1.54, 1.807) is 4.90 Å². The molecular formula is C14H28N2O2S. The third-order valence-electron chi connectivity index (χ3n) is 3.05. The van der Waals surface area contributed by atoms with Crippen molar-refractivity contribution in [3.05, 3.63) is 0 Å². The number of rotatable bonds is 11. The van der Waals surface area contributed by atoms with Crippen molar-refractivity contribution in [3.63, 3.8) is 0 Å². The topological polar surface area (TPSA) is 40.6 Å². The van der Waals surface area contributed by atoms with E-state index in [1.165, 1.54) is 0 Å². The van der Waals surface area contributed by atoms with Crippen molar-refractivity contribution in [3.8, 4) is 0 Å². The van der Waals surface area contributed by atoms with Gasteiger partial charge in [0.15, 0.2) is 0 Å². The molecule has 0 atom stereocenters. The Morgan fingerprint density at radius 2 is 1.53 bits per heavy atom. The molecule has 1 amide bonds. The zero-order valence-electron chi connectivity index (χ0n) is 12.5. The van der Waals surface area contributed by atoms with Crippen LogP contribution in [-0.2, 0) is 9.59 Å². The van der Waals surface area contributed by atoms with Crippen LogP contribution >= 0.6 is 12.6 Å². The summed E-state index contributed by atoms with van der Waals surface area (Å²) in [5.41, 5.74) is 0. The van der Waals surface area contributed by atoms with Gasteiger partial charge in [-0.15, -0.1) is 0 Å². The highest BCUT2D eigenvalue weighted by Gasteiger charge is 2.08. The second kappa shape index (κ2) is 11.3. The molecular weight excluding hydrogens is 260 g/mol. The number of carbonyl (C=O) groups excluding carboxylic acids is 2. The van der Waals surface area contributed by atoms with E-state index in [2.05, 4.69) is 17.5 Å². The monoisotopic (exact) mass is 288 g/mol. The molecule has 5 heteroatoms. The molecule has 19 heavy (non-hydrogen) atoms. The summed E-state index contributed by atoms with van der Waals surface area (Å²) >= 11 is 4.03. The van der Waals surface area contributed by atoms with E-state index in [4.69, 9.17) is 0 Å². The van der Waals surface area contributed by atoms with Crippen molar-refractivity contribution in [2.24, 2.45) is 0 Å². The molecule has 0 rings (SSSR count). The molecule has 4 nitrogen and oxygen atoms in total. The number of nitrogens with zero attached hydrogens (tertiary/aromatic N) is 2. The van der Waals surface area contributed by atoms with Gasteiger partial charge in [0.1, 0.15) is 5.78 Å². The van der Waals surface area contributed by atoms with Crippen molar-refractivity contribution in [1.29, 1.82) is 0 Å². The molecule has 0 unspecified atom stereocenters. The first kappa shape index (κ1) is 18.4. The Hall–Kier alpha value is -0.550. The lowest BCUT2D eigenvalue weighted by Gasteiger charge is -2.19. The maximum absolute atomic E-state index is 11.8. The average molecular weight is 288 g/mol. The second-order valence-electron chi connectivity index (χ2n) is 5.19. The summed E-state index contributed by atoms with van der Waals surface area (Å²) in [6, 6.07) is 0. The number of hydrogen-bond donors (Lipinski definition) is 1. The number of carbonyl (C=O) groups is 2. The molecule has 0 spiro atoms. The van der Waals surface area contributed by atoms with Gasteiger partial charge in [-0.05, 0) is 32.7 Å². The molecule has 0 fully saturated rings. The first-order chi connectivity index (χ1) is 8.97. The fraction of sp³-hybridized carbons (Fsp3) is 0.857. The predicted octanol–water partition coefficient (Wildman–Crippen LogP) is 1.85. The fourth-order valence-electron chi connectivity index (χ4n) is 1.69. The summed E-state index contributed by atoms with van der Waals surface area (Å²) < 4.78 is 0. The van der Waals surface area contributed by atoms with E-state index in [0.29, 0.717) is 25.0 Å². The van der Waals surface area contributed by atoms with Gasteiger partial charge in [-0.1, -0.05) is 6.42 Å². The largest absolute Gasteiger partial charge is 0.344 e. The summed E-state index contributed by atoms with van der Waals surface area (Å²) in [6.07, 6.45) is 4.50. The van der Waals surface area contributed by atoms with Crippen LogP contribution in [0.5, 0.6) is 0 Å². The molecule has 0 N–H and O–H groups in total. The van der Waals surface area contributed by atoms with Crippen molar-refractivity contribution in [2.45, 2.75) is 38.5 Å². The van der Waals surface area contributed by atoms with Crippen molar-refractivity contribution in [2.75, 3.05) is 40.0 Å². The van der Waals surface area contributed by atoms with Crippen LogP contribution in [0.15, 0.2) is 0 Å². The summed E-state index contributed by atoms with van der Waals surface area (Å²) in [4.78, 5) is 26.9. The quantitative estimate of drug-likeness (QED) is 0.466. The third-order valence-corrected chi connectivity index (χ3v) is 3.27. The first-order valence-corrected chi connectivity index (χ1v) is 7.62. The number of amides is 1. The molecule has 0 heterocycles. The predicted molar refractivity (Wildman–Crippen MR) is 82.8 cm³/mol. The Balaban J connectivity index is 3.54. The molecule has 0 saturated carbocycles. The molecule has 112 valence electrons. The number of ketones is 1. The normalized spacial score (nSPS) is 10.8. The highest BCUT2D eigenvalue weighted by atomic mass is 32.1. The maximum atomic E-state index is 11.8. The molecule has 0 aromatic heterocycles. The zero-order valence-corrected chi connectivity index (χ0v) is 13.4. The van der Waals surface area contributed by atoms with Crippen LogP contribution in [0.25, 0.3) is 0 Å². The minimum absolute atomic E-state index is 0.198. The Morgan fingerprint density at radius 1 is 0.895 bits per heavy atom. The standard InChI is InChI=1S/C14H28N2O2S/c1-15(2)10-11-16(3)14(18)8-6-4-5-7-13(17)9-12-19/h19H,4-12H2,1-3H3. The highest BCUT2D eigenvalue weighted by Crippen LogP contribution is 2.06. The average Bonchev–Trinajstić information content (AvgIpc) is 2.35. The number of thiol groups is 1. The lowest BCUT2D eigenvalue weighted by atomic mass is 10.1. The Labute approximate surface area is 122 Å². The van der Waals surface area contributed by atoms with Gasteiger partial charge in [0, 0.05) is 39.4 Å². The van der Waals surface area contributed by atoms with Crippen LogP contribution in [0, 0.1) is 0 Å². The number of hydrogen-bond acceptors (Lipinski definition) is 4. The Morgan fingerprint density at radius 3 is 2.11 bits per heavy atom. The third kappa shape index (κ3) is 11.0. The molecule has 0 aliphatic rings. The van der Waals surface area contributed by atoms with E-state index < -0.39 is 0 Å². The molecule has 0 radical (unpaired) electrons. The maximum Gasteiger partial charge on any atom is 0.222 e. The van der Waals surface area contributed by atoms with E-state index in [1.807, 2.05) is 21.1 Å². The Bertz CT molecular complexity index is 270. The van der Waals surface area contributed by atoms with Gasteiger partial charge in [-0.25, -0.2) is 0 Å². The SMILES string of the molecule is CN(C)CCN(C)C(=O)CCCCCC(=O)CCS. The van der Waals surface area contributed by atoms with Crippen molar-refractivity contribution in [1.82, 2.24) is 9.80 Å². The summed E-state index contributed by atoms with van der Waals surface area (Å²) in [5, 5.41) is 0. The number of unbranched alkanes of at least 4 members (excludes halogenated alkanes) is 2. The van der Waals surface area contributed by atoms with Crippen LogP contribution in [-0.4, -0.2) is 61.5 Å². The van der Waals surface area contributed by atoms with Gasteiger partial charge >= 0.3 is 0 Å². The van der Waals surface area contributed by atoms with E-state index in [0.717, 1.165) is 32.4 Å². The second-order valence-corrected chi connectivity index (χ2v) is 5.64. The minimum atomic E-state index is 0.198. The summed E-state index contributed by atoms with van der Waals surface area (Å²) in [5.74, 6) is 1.11. The van der Waals surface area contributed by atoms with Crippen molar-refractivity contribution < 1.29 is 9.59 Å².